The third-order valence-electron chi connectivity index (χ3n) is 5.07. The number of amides is 1. The number of hydrogen-bond donors (Lipinski definition) is 1. The molecule has 1 fully saturated rings. The average Bonchev–Trinajstić information content (AvgIpc) is 3.37. The van der Waals surface area contributed by atoms with Crippen LogP contribution in [-0.2, 0) is 16.1 Å². The molecule has 4 rings (SSSR count). The maximum atomic E-state index is 13.5. The van der Waals surface area contributed by atoms with Gasteiger partial charge in [-0.15, -0.1) is 0 Å². The van der Waals surface area contributed by atoms with Crippen molar-refractivity contribution in [2.45, 2.75) is 19.5 Å². The van der Waals surface area contributed by atoms with Crippen LogP contribution >= 0.6 is 0 Å². The van der Waals surface area contributed by atoms with Crippen molar-refractivity contribution >= 4 is 17.4 Å². The molecule has 0 spiro atoms. The summed E-state index contributed by atoms with van der Waals surface area (Å²) in [5.74, 6) is -1.23. The van der Waals surface area contributed by atoms with Crippen LogP contribution in [0.3, 0.4) is 0 Å². The number of Topliss-reactive ketones (excluding diaryl/α,β-unsaturated/α-hetero) is 1. The molecule has 0 aliphatic carbocycles. The average molecular weight is 421 g/mol. The molecule has 7 heteroatoms. The van der Waals surface area contributed by atoms with Crippen LogP contribution in [0.2, 0.25) is 0 Å². The molecule has 1 aliphatic heterocycles. The Hall–Kier alpha value is -3.87. The monoisotopic (exact) mass is 421 g/mol. The van der Waals surface area contributed by atoms with E-state index in [-0.39, 0.29) is 17.9 Å². The second-order valence-corrected chi connectivity index (χ2v) is 7.02. The topological polar surface area (TPSA) is 80.0 Å². The number of carbonyl (C=O) groups is 2. The molecule has 3 aromatic rings. The van der Waals surface area contributed by atoms with E-state index in [4.69, 9.17) is 9.15 Å². The first-order valence-electron chi connectivity index (χ1n) is 9.79. The van der Waals surface area contributed by atoms with E-state index < -0.39 is 23.5 Å². The highest BCUT2D eigenvalue weighted by Crippen LogP contribution is 2.40. The minimum absolute atomic E-state index is 0.0275. The fourth-order valence-corrected chi connectivity index (χ4v) is 3.64. The summed E-state index contributed by atoms with van der Waals surface area (Å²) in [6.07, 6.45) is 1.47. The highest BCUT2D eigenvalue weighted by atomic mass is 19.1. The normalized spacial score (nSPS) is 17.9. The molecule has 31 heavy (non-hydrogen) atoms. The van der Waals surface area contributed by atoms with Gasteiger partial charge in [0.25, 0.3) is 11.7 Å². The molecule has 0 radical (unpaired) electrons. The van der Waals surface area contributed by atoms with Gasteiger partial charge in [-0.3, -0.25) is 9.59 Å². The molecule has 0 unspecified atom stereocenters. The fourth-order valence-electron chi connectivity index (χ4n) is 3.64. The van der Waals surface area contributed by atoms with Crippen LogP contribution in [0.25, 0.3) is 5.76 Å². The van der Waals surface area contributed by atoms with E-state index in [1.807, 2.05) is 6.92 Å². The zero-order valence-electron chi connectivity index (χ0n) is 16.7. The van der Waals surface area contributed by atoms with Gasteiger partial charge >= 0.3 is 0 Å². The van der Waals surface area contributed by atoms with Crippen molar-refractivity contribution in [1.29, 1.82) is 0 Å². The van der Waals surface area contributed by atoms with Gasteiger partial charge in [-0.25, -0.2) is 4.39 Å². The molecule has 0 saturated carbocycles. The van der Waals surface area contributed by atoms with Crippen molar-refractivity contribution in [3.05, 3.63) is 95.2 Å². The van der Waals surface area contributed by atoms with E-state index in [1.54, 1.807) is 36.4 Å². The Labute approximate surface area is 178 Å². The first-order valence-corrected chi connectivity index (χ1v) is 9.79. The molecule has 6 nitrogen and oxygen atoms in total. The molecule has 0 bridgehead atoms. The summed E-state index contributed by atoms with van der Waals surface area (Å²) >= 11 is 0. The summed E-state index contributed by atoms with van der Waals surface area (Å²) in [6.45, 7) is 2.38. The highest BCUT2D eigenvalue weighted by Gasteiger charge is 2.46. The summed E-state index contributed by atoms with van der Waals surface area (Å²) in [5.41, 5.74) is 0.804. The van der Waals surface area contributed by atoms with Crippen LogP contribution in [0.15, 0.2) is 76.9 Å². The van der Waals surface area contributed by atoms with Crippen LogP contribution in [0.4, 0.5) is 4.39 Å². The lowest BCUT2D eigenvalue weighted by Gasteiger charge is -2.24. The molecule has 1 atom stereocenters. The number of halogens is 1. The van der Waals surface area contributed by atoms with E-state index >= 15 is 0 Å². The molecule has 1 saturated heterocycles. The predicted octanol–water partition coefficient (Wildman–Crippen LogP) is 4.44. The van der Waals surface area contributed by atoms with E-state index in [0.717, 1.165) is 0 Å². The largest absolute Gasteiger partial charge is 0.507 e. The molecule has 2 aromatic carbocycles. The maximum absolute atomic E-state index is 13.5. The Morgan fingerprint density at radius 3 is 2.42 bits per heavy atom. The number of aliphatic hydroxyl groups is 1. The first-order chi connectivity index (χ1) is 15.0. The van der Waals surface area contributed by atoms with Crippen molar-refractivity contribution in [1.82, 2.24) is 4.90 Å². The van der Waals surface area contributed by atoms with E-state index in [9.17, 15) is 19.1 Å². The van der Waals surface area contributed by atoms with Gasteiger partial charge in [0, 0.05) is 5.56 Å². The van der Waals surface area contributed by atoms with Gasteiger partial charge in [-0.05, 0) is 61.0 Å². The van der Waals surface area contributed by atoms with Gasteiger partial charge in [0.2, 0.25) is 0 Å². The van der Waals surface area contributed by atoms with Crippen LogP contribution in [0, 0.1) is 5.82 Å². The van der Waals surface area contributed by atoms with Crippen molar-refractivity contribution < 1.29 is 28.2 Å². The van der Waals surface area contributed by atoms with Crippen LogP contribution in [0.5, 0.6) is 5.75 Å². The zero-order chi connectivity index (χ0) is 22.0. The van der Waals surface area contributed by atoms with Gasteiger partial charge < -0.3 is 19.2 Å². The predicted molar refractivity (Wildman–Crippen MR) is 111 cm³/mol. The van der Waals surface area contributed by atoms with Gasteiger partial charge in [0.15, 0.2) is 0 Å². The minimum Gasteiger partial charge on any atom is -0.507 e. The van der Waals surface area contributed by atoms with Gasteiger partial charge in [-0.2, -0.15) is 0 Å². The SMILES string of the molecule is CCOc1ccc(C(O)=C2C(=O)C(=O)N(Cc3ccco3)[C@H]2c2ccc(F)cc2)cc1. The Balaban J connectivity index is 1.81. The number of likely N-dealkylation sites (tertiary alicyclic amines) is 1. The number of ketones is 1. The number of carbonyl (C=O) groups excluding carboxylic acids is 2. The lowest BCUT2D eigenvalue weighted by atomic mass is 9.95. The number of hydrogen-bond acceptors (Lipinski definition) is 5. The first kappa shape index (κ1) is 20.4. The molecule has 1 amide bonds. The molecule has 158 valence electrons. The quantitative estimate of drug-likeness (QED) is 0.362. The van der Waals surface area contributed by atoms with Crippen molar-refractivity contribution in [2.24, 2.45) is 0 Å². The van der Waals surface area contributed by atoms with Crippen molar-refractivity contribution in [2.75, 3.05) is 6.61 Å². The molecule has 2 heterocycles. The second kappa shape index (κ2) is 8.47. The lowest BCUT2D eigenvalue weighted by Crippen LogP contribution is -2.29. The zero-order valence-corrected chi connectivity index (χ0v) is 16.7. The molecule has 1 aromatic heterocycles. The van der Waals surface area contributed by atoms with Crippen molar-refractivity contribution in [3.63, 3.8) is 0 Å². The number of benzene rings is 2. The Bertz CT molecular complexity index is 1120. The summed E-state index contributed by atoms with van der Waals surface area (Å²) in [7, 11) is 0. The van der Waals surface area contributed by atoms with Gasteiger partial charge in [-0.1, -0.05) is 12.1 Å². The number of rotatable bonds is 6. The fraction of sp³-hybridized carbons (Fsp3) is 0.167. The second-order valence-electron chi connectivity index (χ2n) is 7.02. The summed E-state index contributed by atoms with van der Waals surface area (Å²) in [5, 5.41) is 11.0. The van der Waals surface area contributed by atoms with Gasteiger partial charge in [0.05, 0.1) is 31.0 Å². The molecule has 1 N–H and O–H groups in total. The van der Waals surface area contributed by atoms with E-state index in [2.05, 4.69) is 0 Å². The smallest absolute Gasteiger partial charge is 0.296 e. The van der Waals surface area contributed by atoms with Gasteiger partial charge in [0.1, 0.15) is 23.1 Å². The molecular weight excluding hydrogens is 401 g/mol. The third-order valence-corrected chi connectivity index (χ3v) is 5.07. The molecular formula is C24H20FNO5. The Morgan fingerprint density at radius 2 is 1.81 bits per heavy atom. The van der Waals surface area contributed by atoms with Crippen molar-refractivity contribution in [3.8, 4) is 5.75 Å². The number of ether oxygens (including phenoxy) is 1. The Kier molecular flexibility index (Phi) is 5.58. The van der Waals surface area contributed by atoms with Crippen LogP contribution in [-0.4, -0.2) is 28.3 Å². The van der Waals surface area contributed by atoms with E-state index in [1.165, 1.54) is 35.4 Å². The Morgan fingerprint density at radius 1 is 1.10 bits per heavy atom. The summed E-state index contributed by atoms with van der Waals surface area (Å²) < 4.78 is 24.3. The highest BCUT2D eigenvalue weighted by molar-refractivity contribution is 6.46. The third kappa shape index (κ3) is 3.94. The number of nitrogens with zero attached hydrogens (tertiary/aromatic N) is 1. The van der Waals surface area contributed by atoms with Crippen LogP contribution in [0.1, 0.15) is 29.9 Å². The van der Waals surface area contributed by atoms with Crippen LogP contribution < -0.4 is 4.74 Å². The number of furan rings is 1. The number of aliphatic hydroxyl groups excluding tert-OH is 1. The lowest BCUT2D eigenvalue weighted by molar-refractivity contribution is -0.140. The summed E-state index contributed by atoms with van der Waals surface area (Å²) in [4.78, 5) is 27.1. The summed E-state index contributed by atoms with van der Waals surface area (Å²) in [6, 6.07) is 14.5. The molecule has 1 aliphatic rings. The standard InChI is InChI=1S/C24H20FNO5/c1-2-30-18-11-7-16(8-12-18)22(27)20-21(15-5-9-17(25)10-6-15)26(24(29)23(20)28)14-19-4-3-13-31-19/h3-13,21,27H,2,14H2,1H3/t21-/m0/s1. The maximum Gasteiger partial charge on any atom is 0.296 e. The van der Waals surface area contributed by atoms with E-state index in [0.29, 0.717) is 29.2 Å². The minimum atomic E-state index is -0.891.